The van der Waals surface area contributed by atoms with Crippen LogP contribution < -0.4 is 25.0 Å². The van der Waals surface area contributed by atoms with E-state index in [1.807, 2.05) is 30.3 Å². The molecule has 0 unspecified atom stereocenters. The topological polar surface area (TPSA) is 98.2 Å². The van der Waals surface area contributed by atoms with Gasteiger partial charge in [0.1, 0.15) is 12.4 Å². The third kappa shape index (κ3) is 6.33. The zero-order chi connectivity index (χ0) is 22.8. The molecule has 0 aliphatic rings. The van der Waals surface area contributed by atoms with Gasteiger partial charge in [0.2, 0.25) is 0 Å². The van der Waals surface area contributed by atoms with Crippen molar-refractivity contribution < 1.29 is 23.8 Å². The number of hydrogen-bond donors (Lipinski definition) is 2. The third-order valence-electron chi connectivity index (χ3n) is 4.34. The summed E-state index contributed by atoms with van der Waals surface area (Å²) in [6.45, 7) is 0.406. The molecule has 0 saturated heterocycles. The Morgan fingerprint density at radius 2 is 1.69 bits per heavy atom. The van der Waals surface area contributed by atoms with Crippen molar-refractivity contribution in [1.82, 2.24) is 5.43 Å². The number of hydrazone groups is 1. The summed E-state index contributed by atoms with van der Waals surface area (Å²) in [7, 11) is 3.05. The summed E-state index contributed by atoms with van der Waals surface area (Å²) < 4.78 is 16.3. The minimum atomic E-state index is -0.904. The van der Waals surface area contributed by atoms with Crippen LogP contribution in [0, 0.1) is 0 Å². The highest BCUT2D eigenvalue weighted by atomic mass is 16.5. The van der Waals surface area contributed by atoms with Crippen molar-refractivity contribution in [2.24, 2.45) is 5.10 Å². The summed E-state index contributed by atoms with van der Waals surface area (Å²) in [6, 6.07) is 21.7. The minimum Gasteiger partial charge on any atom is -0.497 e. The summed E-state index contributed by atoms with van der Waals surface area (Å²) in [5, 5.41) is 6.31. The highest BCUT2D eigenvalue weighted by Crippen LogP contribution is 2.28. The Morgan fingerprint density at radius 3 is 2.44 bits per heavy atom. The van der Waals surface area contributed by atoms with Gasteiger partial charge in [-0.15, -0.1) is 0 Å². The van der Waals surface area contributed by atoms with Crippen molar-refractivity contribution in [3.8, 4) is 17.2 Å². The maximum atomic E-state index is 12.0. The van der Waals surface area contributed by atoms with E-state index in [1.165, 1.54) is 20.4 Å². The summed E-state index contributed by atoms with van der Waals surface area (Å²) in [6.07, 6.45) is 1.40. The fourth-order valence-electron chi connectivity index (χ4n) is 2.72. The Labute approximate surface area is 185 Å². The molecule has 8 nitrogen and oxygen atoms in total. The molecule has 0 radical (unpaired) electrons. The molecule has 3 rings (SSSR count). The number of hydrogen-bond acceptors (Lipinski definition) is 6. The van der Waals surface area contributed by atoms with Gasteiger partial charge < -0.3 is 19.5 Å². The second kappa shape index (κ2) is 11.2. The molecule has 0 aromatic heterocycles. The van der Waals surface area contributed by atoms with Crippen LogP contribution in [0.3, 0.4) is 0 Å². The number of anilines is 1. The molecule has 3 aromatic rings. The Balaban J connectivity index is 1.55. The van der Waals surface area contributed by atoms with Gasteiger partial charge in [0.25, 0.3) is 0 Å². The standard InChI is InChI=1S/C24H23N3O5/c1-30-20-10-6-9-19(14-20)26-23(28)24(29)27-25-15-18-11-12-21(22(13-18)31-2)32-16-17-7-4-3-5-8-17/h3-15H,16H2,1-2H3,(H,26,28)(H,27,29)/b25-15-. The van der Waals surface area contributed by atoms with Crippen LogP contribution in [0.5, 0.6) is 17.2 Å². The van der Waals surface area contributed by atoms with Crippen molar-refractivity contribution >= 4 is 23.7 Å². The SMILES string of the molecule is COc1cccc(NC(=O)C(=O)N/N=C\c2ccc(OCc3ccccc3)c(OC)c2)c1. The highest BCUT2D eigenvalue weighted by molar-refractivity contribution is 6.39. The van der Waals surface area contributed by atoms with Gasteiger partial charge in [-0.05, 0) is 41.5 Å². The van der Waals surface area contributed by atoms with Crippen LogP contribution in [0.4, 0.5) is 5.69 Å². The highest BCUT2D eigenvalue weighted by Gasteiger charge is 2.13. The first kappa shape index (κ1) is 22.4. The number of rotatable bonds is 8. The van der Waals surface area contributed by atoms with Crippen molar-refractivity contribution in [2.75, 3.05) is 19.5 Å². The summed E-state index contributed by atoms with van der Waals surface area (Å²) in [4.78, 5) is 24.0. The van der Waals surface area contributed by atoms with E-state index in [9.17, 15) is 9.59 Å². The van der Waals surface area contributed by atoms with Gasteiger partial charge in [-0.25, -0.2) is 5.43 Å². The molecule has 0 aliphatic carbocycles. The van der Waals surface area contributed by atoms with Gasteiger partial charge in [-0.3, -0.25) is 9.59 Å². The van der Waals surface area contributed by atoms with Crippen LogP contribution in [0.15, 0.2) is 77.9 Å². The largest absolute Gasteiger partial charge is 0.497 e. The van der Waals surface area contributed by atoms with Crippen LogP contribution in [0.25, 0.3) is 0 Å². The minimum absolute atomic E-state index is 0.406. The maximum absolute atomic E-state index is 12.0. The Hall–Kier alpha value is -4.33. The lowest BCUT2D eigenvalue weighted by Crippen LogP contribution is -2.32. The Kier molecular flexibility index (Phi) is 7.80. The lowest BCUT2D eigenvalue weighted by molar-refractivity contribution is -0.136. The number of nitrogens with one attached hydrogen (secondary N) is 2. The maximum Gasteiger partial charge on any atom is 0.329 e. The number of amides is 2. The number of carbonyl (C=O) groups is 2. The second-order valence-corrected chi connectivity index (χ2v) is 6.57. The average molecular weight is 433 g/mol. The first-order valence-corrected chi connectivity index (χ1v) is 9.72. The molecule has 0 spiro atoms. The van der Waals surface area contributed by atoms with Crippen LogP contribution in [-0.2, 0) is 16.2 Å². The van der Waals surface area contributed by atoms with E-state index in [2.05, 4.69) is 15.8 Å². The zero-order valence-corrected chi connectivity index (χ0v) is 17.7. The summed E-state index contributed by atoms with van der Waals surface area (Å²) in [5.41, 5.74) is 4.32. The second-order valence-electron chi connectivity index (χ2n) is 6.57. The quantitative estimate of drug-likeness (QED) is 0.322. The van der Waals surface area contributed by atoms with Gasteiger partial charge >= 0.3 is 11.8 Å². The van der Waals surface area contributed by atoms with Gasteiger partial charge in [0.05, 0.1) is 20.4 Å². The van der Waals surface area contributed by atoms with Crippen molar-refractivity contribution in [3.63, 3.8) is 0 Å². The monoisotopic (exact) mass is 433 g/mol. The van der Waals surface area contributed by atoms with E-state index < -0.39 is 11.8 Å². The lowest BCUT2D eigenvalue weighted by Gasteiger charge is -2.11. The van der Waals surface area contributed by atoms with Crippen molar-refractivity contribution in [2.45, 2.75) is 6.61 Å². The molecule has 32 heavy (non-hydrogen) atoms. The number of carbonyl (C=O) groups excluding carboxylic acids is 2. The molecule has 2 N–H and O–H groups in total. The average Bonchev–Trinajstić information content (AvgIpc) is 2.83. The number of methoxy groups -OCH3 is 2. The molecular formula is C24H23N3O5. The van der Waals surface area contributed by atoms with Gasteiger partial charge in [0, 0.05) is 11.8 Å². The Bertz CT molecular complexity index is 1100. The van der Waals surface area contributed by atoms with E-state index in [0.29, 0.717) is 35.1 Å². The first-order chi connectivity index (χ1) is 15.6. The number of benzene rings is 3. The van der Waals surface area contributed by atoms with E-state index in [4.69, 9.17) is 14.2 Å². The van der Waals surface area contributed by atoms with Crippen LogP contribution in [0.1, 0.15) is 11.1 Å². The molecule has 2 amide bonds. The van der Waals surface area contributed by atoms with E-state index in [1.54, 1.807) is 42.5 Å². The number of ether oxygens (including phenoxy) is 3. The smallest absolute Gasteiger partial charge is 0.329 e. The third-order valence-corrected chi connectivity index (χ3v) is 4.34. The first-order valence-electron chi connectivity index (χ1n) is 9.72. The molecule has 0 heterocycles. The fourth-order valence-corrected chi connectivity index (χ4v) is 2.72. The van der Waals surface area contributed by atoms with Gasteiger partial charge in [-0.1, -0.05) is 36.4 Å². The van der Waals surface area contributed by atoms with E-state index >= 15 is 0 Å². The van der Waals surface area contributed by atoms with Crippen LogP contribution in [0.2, 0.25) is 0 Å². The van der Waals surface area contributed by atoms with Crippen molar-refractivity contribution in [3.05, 3.63) is 83.9 Å². The molecule has 3 aromatic carbocycles. The van der Waals surface area contributed by atoms with E-state index in [0.717, 1.165) is 5.56 Å². The summed E-state index contributed by atoms with van der Waals surface area (Å²) >= 11 is 0. The van der Waals surface area contributed by atoms with Gasteiger partial charge in [0.15, 0.2) is 11.5 Å². The lowest BCUT2D eigenvalue weighted by atomic mass is 10.2. The predicted molar refractivity (Wildman–Crippen MR) is 121 cm³/mol. The molecular weight excluding hydrogens is 410 g/mol. The molecule has 0 atom stereocenters. The molecule has 0 aliphatic heterocycles. The molecule has 8 heteroatoms. The molecule has 0 saturated carbocycles. The van der Waals surface area contributed by atoms with Gasteiger partial charge in [-0.2, -0.15) is 5.10 Å². The fraction of sp³-hybridized carbons (Fsp3) is 0.125. The number of nitrogens with zero attached hydrogens (tertiary/aromatic N) is 1. The summed E-state index contributed by atoms with van der Waals surface area (Å²) in [5.74, 6) is -0.0926. The zero-order valence-electron chi connectivity index (χ0n) is 17.7. The molecule has 0 bridgehead atoms. The van der Waals surface area contributed by atoms with Crippen molar-refractivity contribution in [1.29, 1.82) is 0 Å². The Morgan fingerprint density at radius 1 is 0.875 bits per heavy atom. The molecule has 164 valence electrons. The van der Waals surface area contributed by atoms with E-state index in [-0.39, 0.29) is 0 Å². The normalized spacial score (nSPS) is 10.4. The van der Waals surface area contributed by atoms with Crippen LogP contribution >= 0.6 is 0 Å². The molecule has 0 fully saturated rings. The predicted octanol–water partition coefficient (Wildman–Crippen LogP) is 3.37. The van der Waals surface area contributed by atoms with Crippen LogP contribution in [-0.4, -0.2) is 32.2 Å².